The first kappa shape index (κ1) is 17.9. The van der Waals surface area contributed by atoms with Crippen molar-refractivity contribution in [2.75, 3.05) is 26.2 Å². The molecule has 0 bridgehead atoms. The lowest BCUT2D eigenvalue weighted by atomic mass is 10.1. The van der Waals surface area contributed by atoms with Crippen molar-refractivity contribution in [3.8, 4) is 5.75 Å². The average Bonchev–Trinajstić information content (AvgIpc) is 2.43. The molecule has 1 aromatic rings. The molecular weight excluding hydrogens is 288 g/mol. The number of hydrogen-bond acceptors (Lipinski definition) is 4. The Balaban J connectivity index is 2.52. The Morgan fingerprint density at radius 3 is 2.38 bits per heavy atom. The highest BCUT2D eigenvalue weighted by Gasteiger charge is 2.13. The number of nitrogens with one attached hydrogen (secondary N) is 2. The van der Waals surface area contributed by atoms with Gasteiger partial charge >= 0.3 is 0 Å². The third-order valence-electron chi connectivity index (χ3n) is 2.95. The predicted octanol–water partition coefficient (Wildman–Crippen LogP) is 2.00. The first-order valence-electron chi connectivity index (χ1n) is 7.39. The molecule has 0 saturated heterocycles. The summed E-state index contributed by atoms with van der Waals surface area (Å²) in [7, 11) is -3.42. The summed E-state index contributed by atoms with van der Waals surface area (Å²) in [5, 5.41) is 3.16. The summed E-state index contributed by atoms with van der Waals surface area (Å²) < 4.78 is 32.2. The summed E-state index contributed by atoms with van der Waals surface area (Å²) in [6.45, 7) is 8.86. The Bertz CT molecular complexity index is 498. The number of sulfonamides is 1. The van der Waals surface area contributed by atoms with Crippen molar-refractivity contribution in [2.45, 2.75) is 32.1 Å². The molecule has 0 heterocycles. The smallest absolute Gasteiger partial charge is 0.240 e. The molecule has 6 heteroatoms. The van der Waals surface area contributed by atoms with Gasteiger partial charge in [0, 0.05) is 13.1 Å². The fourth-order valence-electron chi connectivity index (χ4n) is 1.70. The lowest BCUT2D eigenvalue weighted by Crippen LogP contribution is -2.25. The molecule has 0 aromatic heterocycles. The van der Waals surface area contributed by atoms with E-state index < -0.39 is 10.0 Å². The van der Waals surface area contributed by atoms with Gasteiger partial charge in [-0.05, 0) is 43.1 Å². The second-order valence-corrected chi connectivity index (χ2v) is 7.02. The van der Waals surface area contributed by atoms with Gasteiger partial charge in [-0.2, -0.15) is 0 Å². The Morgan fingerprint density at radius 2 is 1.81 bits per heavy atom. The molecule has 5 nitrogen and oxygen atoms in total. The molecule has 0 fully saturated rings. The minimum Gasteiger partial charge on any atom is -0.492 e. The van der Waals surface area contributed by atoms with Crippen LogP contribution in [0.1, 0.15) is 27.2 Å². The molecule has 2 N–H and O–H groups in total. The quantitative estimate of drug-likeness (QED) is 0.648. The van der Waals surface area contributed by atoms with Crippen LogP contribution in [0.4, 0.5) is 0 Å². The van der Waals surface area contributed by atoms with Gasteiger partial charge in [0.25, 0.3) is 0 Å². The van der Waals surface area contributed by atoms with Gasteiger partial charge in [0.1, 0.15) is 12.4 Å². The molecule has 21 heavy (non-hydrogen) atoms. The van der Waals surface area contributed by atoms with Gasteiger partial charge in [0.05, 0.1) is 4.90 Å². The number of hydrogen-bond donors (Lipinski definition) is 2. The van der Waals surface area contributed by atoms with Crippen molar-refractivity contribution in [1.82, 2.24) is 10.0 Å². The summed E-state index contributed by atoms with van der Waals surface area (Å²) >= 11 is 0. The van der Waals surface area contributed by atoms with Crippen LogP contribution in [0, 0.1) is 5.92 Å². The average molecular weight is 314 g/mol. The second-order valence-electron chi connectivity index (χ2n) is 5.25. The van der Waals surface area contributed by atoms with E-state index in [9.17, 15) is 8.42 Å². The lowest BCUT2D eigenvalue weighted by molar-refractivity contribution is 0.315. The largest absolute Gasteiger partial charge is 0.492 e. The number of benzene rings is 1. The third kappa shape index (κ3) is 6.93. The lowest BCUT2D eigenvalue weighted by Gasteiger charge is -2.10. The fourth-order valence-corrected chi connectivity index (χ4v) is 2.75. The Kier molecular flexibility index (Phi) is 7.71. The van der Waals surface area contributed by atoms with Crippen LogP contribution in [0.2, 0.25) is 0 Å². The van der Waals surface area contributed by atoms with E-state index in [2.05, 4.69) is 23.9 Å². The number of ether oxygens (including phenoxy) is 1. The normalized spacial score (nSPS) is 11.8. The van der Waals surface area contributed by atoms with Crippen LogP contribution in [-0.2, 0) is 10.0 Å². The summed E-state index contributed by atoms with van der Waals surface area (Å²) in [4.78, 5) is 0.269. The molecule has 0 unspecified atom stereocenters. The molecule has 0 atom stereocenters. The molecule has 0 aliphatic heterocycles. The molecule has 0 saturated carbocycles. The van der Waals surface area contributed by atoms with Gasteiger partial charge in [-0.3, -0.25) is 0 Å². The van der Waals surface area contributed by atoms with E-state index in [1.54, 1.807) is 24.3 Å². The van der Waals surface area contributed by atoms with Gasteiger partial charge in [-0.15, -0.1) is 0 Å². The summed E-state index contributed by atoms with van der Waals surface area (Å²) in [6, 6.07) is 6.51. The highest BCUT2D eigenvalue weighted by Crippen LogP contribution is 2.15. The maximum atomic E-state index is 12.1. The first-order chi connectivity index (χ1) is 9.95. The minimum atomic E-state index is -3.42. The fraction of sp³-hybridized carbons (Fsp3) is 0.600. The van der Waals surface area contributed by atoms with Gasteiger partial charge < -0.3 is 10.1 Å². The second kappa shape index (κ2) is 9.02. The van der Waals surface area contributed by atoms with E-state index in [1.165, 1.54) is 0 Å². The molecule has 0 radical (unpaired) electrons. The van der Waals surface area contributed by atoms with Crippen molar-refractivity contribution >= 4 is 10.0 Å². The monoisotopic (exact) mass is 314 g/mol. The Labute approximate surface area is 128 Å². The molecule has 120 valence electrons. The summed E-state index contributed by atoms with van der Waals surface area (Å²) in [6.07, 6.45) is 0.824. The zero-order valence-electron chi connectivity index (χ0n) is 13.1. The molecule has 1 rings (SSSR count). The van der Waals surface area contributed by atoms with E-state index in [-0.39, 0.29) is 4.90 Å². The van der Waals surface area contributed by atoms with Crippen LogP contribution in [0.25, 0.3) is 0 Å². The van der Waals surface area contributed by atoms with Crippen LogP contribution in [0.5, 0.6) is 5.75 Å². The van der Waals surface area contributed by atoms with Crippen molar-refractivity contribution in [1.29, 1.82) is 0 Å². The molecule has 0 aliphatic rings. The molecular formula is C15H26N2O3S. The van der Waals surface area contributed by atoms with Gasteiger partial charge in [-0.1, -0.05) is 20.8 Å². The maximum absolute atomic E-state index is 12.1. The minimum absolute atomic E-state index is 0.269. The van der Waals surface area contributed by atoms with Crippen molar-refractivity contribution in [3.05, 3.63) is 24.3 Å². The van der Waals surface area contributed by atoms with E-state index in [0.717, 1.165) is 19.5 Å². The van der Waals surface area contributed by atoms with Gasteiger partial charge in [0.15, 0.2) is 0 Å². The van der Waals surface area contributed by atoms with Crippen molar-refractivity contribution in [2.24, 2.45) is 5.92 Å². The molecule has 0 spiro atoms. The highest BCUT2D eigenvalue weighted by molar-refractivity contribution is 7.89. The van der Waals surface area contributed by atoms with Crippen molar-refractivity contribution < 1.29 is 13.2 Å². The summed E-state index contributed by atoms with van der Waals surface area (Å²) in [5.41, 5.74) is 0. The van der Waals surface area contributed by atoms with Gasteiger partial charge in [0.2, 0.25) is 10.0 Å². The Hall–Kier alpha value is -1.11. The molecule has 0 amide bonds. The van der Waals surface area contributed by atoms with Crippen LogP contribution in [-0.4, -0.2) is 34.7 Å². The van der Waals surface area contributed by atoms with E-state index >= 15 is 0 Å². The zero-order valence-corrected chi connectivity index (χ0v) is 13.9. The SMILES string of the molecule is CCNCCOc1ccc(S(=O)(=O)NCCC(C)C)cc1. The van der Waals surface area contributed by atoms with E-state index in [0.29, 0.717) is 24.8 Å². The standard InChI is InChI=1S/C15H26N2O3S/c1-4-16-11-12-20-14-5-7-15(8-6-14)21(18,19)17-10-9-13(2)3/h5-8,13,16-17H,4,9-12H2,1-3H3. The van der Waals surface area contributed by atoms with Crippen LogP contribution in [0.3, 0.4) is 0 Å². The topological polar surface area (TPSA) is 67.4 Å². The predicted molar refractivity (Wildman–Crippen MR) is 85.1 cm³/mol. The first-order valence-corrected chi connectivity index (χ1v) is 8.87. The van der Waals surface area contributed by atoms with Gasteiger partial charge in [-0.25, -0.2) is 13.1 Å². The summed E-state index contributed by atoms with van der Waals surface area (Å²) in [5.74, 6) is 1.15. The number of likely N-dealkylation sites (N-methyl/N-ethyl adjacent to an activating group) is 1. The van der Waals surface area contributed by atoms with E-state index in [1.807, 2.05) is 6.92 Å². The van der Waals surface area contributed by atoms with E-state index in [4.69, 9.17) is 4.74 Å². The maximum Gasteiger partial charge on any atom is 0.240 e. The van der Waals surface area contributed by atoms with Crippen LogP contribution in [0.15, 0.2) is 29.2 Å². The number of rotatable bonds is 10. The molecule has 0 aliphatic carbocycles. The molecule has 1 aromatic carbocycles. The zero-order chi connectivity index (χ0) is 15.7. The Morgan fingerprint density at radius 1 is 1.14 bits per heavy atom. The van der Waals surface area contributed by atoms with Crippen LogP contribution >= 0.6 is 0 Å². The third-order valence-corrected chi connectivity index (χ3v) is 4.42. The van der Waals surface area contributed by atoms with Crippen LogP contribution < -0.4 is 14.8 Å². The highest BCUT2D eigenvalue weighted by atomic mass is 32.2. The van der Waals surface area contributed by atoms with Crippen molar-refractivity contribution in [3.63, 3.8) is 0 Å².